The Bertz CT molecular complexity index is 837. The Morgan fingerprint density at radius 3 is 2.64 bits per heavy atom. The van der Waals surface area contributed by atoms with E-state index in [-0.39, 0.29) is 23.7 Å². The zero-order chi connectivity index (χ0) is 19.9. The number of piperazine rings is 1. The molecule has 2 aromatic rings. The van der Waals surface area contributed by atoms with Crippen LogP contribution in [-0.2, 0) is 4.79 Å². The normalized spacial score (nSPS) is 14.5. The summed E-state index contributed by atoms with van der Waals surface area (Å²) in [4.78, 5) is 31.6. The Morgan fingerprint density at radius 1 is 1.18 bits per heavy atom. The minimum atomic E-state index is -0.499. The van der Waals surface area contributed by atoms with E-state index < -0.39 is 4.92 Å². The molecule has 148 valence electrons. The predicted molar refractivity (Wildman–Crippen MR) is 106 cm³/mol. The Morgan fingerprint density at radius 2 is 1.93 bits per heavy atom. The molecular formula is C19H23N5O4. The lowest BCUT2D eigenvalue weighted by atomic mass is 10.2. The summed E-state index contributed by atoms with van der Waals surface area (Å²) in [5, 5.41) is 13.7. The molecule has 1 aromatic carbocycles. The number of nitro groups is 1. The molecule has 9 heteroatoms. The van der Waals surface area contributed by atoms with Crippen molar-refractivity contribution in [1.29, 1.82) is 0 Å². The van der Waals surface area contributed by atoms with Gasteiger partial charge in [-0.25, -0.2) is 0 Å². The lowest BCUT2D eigenvalue weighted by Gasteiger charge is -2.35. The molecule has 0 radical (unpaired) electrons. The number of methoxy groups -OCH3 is 1. The molecule has 0 aliphatic carbocycles. The number of amides is 1. The molecule has 1 saturated heterocycles. The number of rotatable bonds is 7. The summed E-state index contributed by atoms with van der Waals surface area (Å²) in [6.07, 6.45) is 0.281. The third kappa shape index (κ3) is 4.95. The van der Waals surface area contributed by atoms with Crippen LogP contribution in [0, 0.1) is 10.1 Å². The van der Waals surface area contributed by atoms with Crippen LogP contribution in [0.25, 0.3) is 0 Å². The summed E-state index contributed by atoms with van der Waals surface area (Å²) in [7, 11) is 1.60. The van der Waals surface area contributed by atoms with Gasteiger partial charge in [0.1, 0.15) is 11.5 Å². The van der Waals surface area contributed by atoms with Crippen molar-refractivity contribution >= 4 is 23.1 Å². The molecule has 1 N–H and O–H groups in total. The SMILES string of the molecule is COc1cccc(N2CCN(CCC(=O)Nc3ccccc3[N+](=O)[O-])CC2)n1. The number of anilines is 2. The number of pyridine rings is 1. The highest BCUT2D eigenvalue weighted by atomic mass is 16.6. The van der Waals surface area contributed by atoms with Crippen LogP contribution in [-0.4, -0.2) is 60.5 Å². The molecule has 1 fully saturated rings. The van der Waals surface area contributed by atoms with Gasteiger partial charge in [-0.2, -0.15) is 4.98 Å². The number of ether oxygens (including phenoxy) is 1. The molecule has 1 aromatic heterocycles. The summed E-state index contributed by atoms with van der Waals surface area (Å²) in [6.45, 7) is 3.86. The average Bonchev–Trinajstić information content (AvgIpc) is 2.73. The Balaban J connectivity index is 1.46. The number of carbonyl (C=O) groups excluding carboxylic acids is 1. The van der Waals surface area contributed by atoms with Crippen molar-refractivity contribution in [2.24, 2.45) is 0 Å². The fourth-order valence-corrected chi connectivity index (χ4v) is 3.11. The summed E-state index contributed by atoms with van der Waals surface area (Å²) in [5.74, 6) is 1.24. The Labute approximate surface area is 163 Å². The van der Waals surface area contributed by atoms with E-state index in [9.17, 15) is 14.9 Å². The first-order valence-corrected chi connectivity index (χ1v) is 9.08. The van der Waals surface area contributed by atoms with E-state index in [4.69, 9.17) is 4.74 Å². The van der Waals surface area contributed by atoms with Crippen LogP contribution in [0.15, 0.2) is 42.5 Å². The van der Waals surface area contributed by atoms with Crippen LogP contribution in [0.4, 0.5) is 17.2 Å². The number of hydrogen-bond donors (Lipinski definition) is 1. The lowest BCUT2D eigenvalue weighted by Crippen LogP contribution is -2.47. The van der Waals surface area contributed by atoms with Gasteiger partial charge >= 0.3 is 0 Å². The van der Waals surface area contributed by atoms with Crippen molar-refractivity contribution in [3.8, 4) is 5.88 Å². The van der Waals surface area contributed by atoms with Crippen molar-refractivity contribution in [1.82, 2.24) is 9.88 Å². The number of nitrogens with zero attached hydrogens (tertiary/aromatic N) is 4. The van der Waals surface area contributed by atoms with Crippen LogP contribution in [0.2, 0.25) is 0 Å². The molecule has 0 atom stereocenters. The first-order chi connectivity index (χ1) is 13.6. The highest BCUT2D eigenvalue weighted by Crippen LogP contribution is 2.23. The number of aromatic nitrogens is 1. The fraction of sp³-hybridized carbons (Fsp3) is 0.368. The highest BCUT2D eigenvalue weighted by Gasteiger charge is 2.20. The largest absolute Gasteiger partial charge is 0.481 e. The van der Waals surface area contributed by atoms with Crippen molar-refractivity contribution in [3.05, 3.63) is 52.6 Å². The van der Waals surface area contributed by atoms with E-state index in [1.165, 1.54) is 12.1 Å². The molecule has 0 unspecified atom stereocenters. The second kappa shape index (κ2) is 9.14. The van der Waals surface area contributed by atoms with Crippen LogP contribution >= 0.6 is 0 Å². The maximum absolute atomic E-state index is 12.2. The van der Waals surface area contributed by atoms with Crippen LogP contribution in [0.1, 0.15) is 6.42 Å². The van der Waals surface area contributed by atoms with Gasteiger partial charge in [-0.3, -0.25) is 19.8 Å². The van der Waals surface area contributed by atoms with Crippen molar-refractivity contribution in [2.45, 2.75) is 6.42 Å². The van der Waals surface area contributed by atoms with E-state index in [0.29, 0.717) is 12.4 Å². The van der Waals surface area contributed by atoms with E-state index in [2.05, 4.69) is 20.1 Å². The maximum Gasteiger partial charge on any atom is 0.292 e. The molecule has 28 heavy (non-hydrogen) atoms. The molecule has 0 saturated carbocycles. The molecule has 0 bridgehead atoms. The average molecular weight is 385 g/mol. The predicted octanol–water partition coefficient (Wildman–Crippen LogP) is 2.15. The fourth-order valence-electron chi connectivity index (χ4n) is 3.11. The standard InChI is InChI=1S/C19H23N5O4/c1-28-19-8-4-7-17(21-19)23-13-11-22(12-14-23)10-9-18(25)20-15-5-2-3-6-16(15)24(26)27/h2-8H,9-14H2,1H3,(H,20,25). The van der Waals surface area contributed by atoms with Gasteiger partial charge in [0.15, 0.2) is 0 Å². The Hall–Kier alpha value is -3.20. The van der Waals surface area contributed by atoms with E-state index in [1.54, 1.807) is 19.2 Å². The van der Waals surface area contributed by atoms with Gasteiger partial charge in [0.2, 0.25) is 11.8 Å². The van der Waals surface area contributed by atoms with Gasteiger partial charge in [0, 0.05) is 51.3 Å². The minimum absolute atomic E-state index is 0.102. The van der Waals surface area contributed by atoms with Crippen LogP contribution < -0.4 is 15.0 Å². The van der Waals surface area contributed by atoms with E-state index >= 15 is 0 Å². The number of nitrogens with one attached hydrogen (secondary N) is 1. The maximum atomic E-state index is 12.2. The molecule has 1 aliphatic rings. The smallest absolute Gasteiger partial charge is 0.292 e. The van der Waals surface area contributed by atoms with Crippen molar-refractivity contribution in [2.75, 3.05) is 50.1 Å². The number of nitro benzene ring substituents is 1. The topological polar surface area (TPSA) is 101 Å². The van der Waals surface area contributed by atoms with Crippen molar-refractivity contribution in [3.63, 3.8) is 0 Å². The van der Waals surface area contributed by atoms with Crippen molar-refractivity contribution < 1.29 is 14.5 Å². The zero-order valence-corrected chi connectivity index (χ0v) is 15.7. The summed E-state index contributed by atoms with van der Waals surface area (Å²) in [5.41, 5.74) is 0.127. The van der Waals surface area contributed by atoms with E-state index in [0.717, 1.165) is 32.0 Å². The number of para-hydroxylation sites is 2. The second-order valence-corrected chi connectivity index (χ2v) is 6.44. The van der Waals surface area contributed by atoms with Gasteiger partial charge < -0.3 is 15.0 Å². The number of benzene rings is 1. The van der Waals surface area contributed by atoms with E-state index in [1.807, 2.05) is 18.2 Å². The zero-order valence-electron chi connectivity index (χ0n) is 15.7. The van der Waals surface area contributed by atoms with Gasteiger partial charge in [-0.1, -0.05) is 18.2 Å². The van der Waals surface area contributed by atoms with Gasteiger partial charge in [-0.15, -0.1) is 0 Å². The summed E-state index contributed by atoms with van der Waals surface area (Å²) < 4.78 is 5.17. The first kappa shape index (κ1) is 19.6. The quantitative estimate of drug-likeness (QED) is 0.576. The third-order valence-electron chi connectivity index (χ3n) is 4.64. The molecule has 1 amide bonds. The Kier molecular flexibility index (Phi) is 6.38. The molecule has 2 heterocycles. The molecular weight excluding hydrogens is 362 g/mol. The summed E-state index contributed by atoms with van der Waals surface area (Å²) in [6, 6.07) is 11.8. The highest BCUT2D eigenvalue weighted by molar-refractivity contribution is 5.93. The molecule has 9 nitrogen and oxygen atoms in total. The monoisotopic (exact) mass is 385 g/mol. The number of carbonyl (C=O) groups is 1. The van der Waals surface area contributed by atoms with Gasteiger partial charge in [0.05, 0.1) is 12.0 Å². The lowest BCUT2D eigenvalue weighted by molar-refractivity contribution is -0.383. The van der Waals surface area contributed by atoms with Crippen LogP contribution in [0.5, 0.6) is 5.88 Å². The van der Waals surface area contributed by atoms with Gasteiger partial charge in [-0.05, 0) is 12.1 Å². The van der Waals surface area contributed by atoms with Crippen LogP contribution in [0.3, 0.4) is 0 Å². The minimum Gasteiger partial charge on any atom is -0.481 e. The molecule has 1 aliphatic heterocycles. The molecule has 0 spiro atoms. The second-order valence-electron chi connectivity index (χ2n) is 6.44. The summed E-state index contributed by atoms with van der Waals surface area (Å²) >= 11 is 0. The number of hydrogen-bond acceptors (Lipinski definition) is 7. The first-order valence-electron chi connectivity index (χ1n) is 9.08. The third-order valence-corrected chi connectivity index (χ3v) is 4.64. The van der Waals surface area contributed by atoms with Gasteiger partial charge in [0.25, 0.3) is 5.69 Å². The molecule has 3 rings (SSSR count).